The molecular formula is C9H7BrFNO3. The van der Waals surface area contributed by atoms with Crippen molar-refractivity contribution in [3.63, 3.8) is 0 Å². The van der Waals surface area contributed by atoms with Crippen molar-refractivity contribution in [1.29, 1.82) is 0 Å². The van der Waals surface area contributed by atoms with Gasteiger partial charge in [0.05, 0.1) is 4.47 Å². The van der Waals surface area contributed by atoms with Crippen LogP contribution in [0.4, 0.5) is 10.1 Å². The molecule has 0 heterocycles. The van der Waals surface area contributed by atoms with E-state index in [1.54, 1.807) is 0 Å². The van der Waals surface area contributed by atoms with E-state index in [1.807, 2.05) is 0 Å². The number of anilines is 1. The highest BCUT2D eigenvalue weighted by molar-refractivity contribution is 9.10. The summed E-state index contributed by atoms with van der Waals surface area (Å²) in [6, 6.07) is 3.87. The number of aliphatic carboxylic acids is 1. The quantitative estimate of drug-likeness (QED) is 0.830. The van der Waals surface area contributed by atoms with E-state index in [-0.39, 0.29) is 4.47 Å². The highest BCUT2D eigenvalue weighted by atomic mass is 79.9. The molecule has 1 amide bonds. The van der Waals surface area contributed by atoms with Gasteiger partial charge in [-0.25, -0.2) is 4.39 Å². The van der Waals surface area contributed by atoms with Crippen LogP contribution in [0.15, 0.2) is 22.7 Å². The van der Waals surface area contributed by atoms with Gasteiger partial charge in [0.25, 0.3) is 0 Å². The normalized spacial score (nSPS) is 9.73. The average molecular weight is 276 g/mol. The summed E-state index contributed by atoms with van der Waals surface area (Å²) >= 11 is 2.94. The van der Waals surface area contributed by atoms with E-state index in [9.17, 15) is 14.0 Å². The SMILES string of the molecule is O=C(O)CC(=O)Nc1ccc(F)c(Br)c1. The number of halogens is 2. The molecule has 0 atom stereocenters. The van der Waals surface area contributed by atoms with E-state index >= 15 is 0 Å². The zero-order chi connectivity index (χ0) is 11.4. The summed E-state index contributed by atoms with van der Waals surface area (Å²) in [5, 5.41) is 10.7. The lowest BCUT2D eigenvalue weighted by Crippen LogP contribution is -2.15. The van der Waals surface area contributed by atoms with Crippen LogP contribution in [0.1, 0.15) is 6.42 Å². The third-order valence-corrected chi connectivity index (χ3v) is 2.12. The number of amides is 1. The molecule has 0 saturated carbocycles. The molecule has 0 fully saturated rings. The molecule has 2 N–H and O–H groups in total. The van der Waals surface area contributed by atoms with Crippen LogP contribution in [0.3, 0.4) is 0 Å². The minimum absolute atomic E-state index is 0.204. The maximum Gasteiger partial charge on any atom is 0.312 e. The molecule has 0 bridgehead atoms. The molecule has 0 aliphatic carbocycles. The molecule has 0 aliphatic rings. The van der Waals surface area contributed by atoms with E-state index in [2.05, 4.69) is 21.2 Å². The Morgan fingerprint density at radius 2 is 2.13 bits per heavy atom. The fourth-order valence-electron chi connectivity index (χ4n) is 0.916. The van der Waals surface area contributed by atoms with Crippen LogP contribution < -0.4 is 5.32 Å². The summed E-state index contributed by atoms with van der Waals surface area (Å²) in [6.07, 6.45) is -0.616. The molecule has 6 heteroatoms. The van der Waals surface area contributed by atoms with Crippen molar-refractivity contribution >= 4 is 33.5 Å². The first kappa shape index (κ1) is 11.6. The van der Waals surface area contributed by atoms with E-state index < -0.39 is 24.1 Å². The Kier molecular flexibility index (Phi) is 3.79. The summed E-state index contributed by atoms with van der Waals surface area (Å²) in [4.78, 5) is 21.2. The Hall–Kier alpha value is -1.43. The van der Waals surface area contributed by atoms with Gasteiger partial charge in [0.2, 0.25) is 5.91 Å². The van der Waals surface area contributed by atoms with E-state index in [4.69, 9.17) is 5.11 Å². The molecule has 0 radical (unpaired) electrons. The fourth-order valence-corrected chi connectivity index (χ4v) is 1.30. The van der Waals surface area contributed by atoms with Gasteiger partial charge in [0.15, 0.2) is 0 Å². The number of benzene rings is 1. The third-order valence-electron chi connectivity index (χ3n) is 1.52. The van der Waals surface area contributed by atoms with Gasteiger partial charge < -0.3 is 10.4 Å². The summed E-state index contributed by atoms with van der Waals surface area (Å²) in [6.45, 7) is 0. The smallest absolute Gasteiger partial charge is 0.312 e. The van der Waals surface area contributed by atoms with Crippen LogP contribution in [-0.2, 0) is 9.59 Å². The molecule has 0 aromatic heterocycles. The molecule has 1 rings (SSSR count). The van der Waals surface area contributed by atoms with Crippen molar-refractivity contribution in [2.24, 2.45) is 0 Å². The van der Waals surface area contributed by atoms with Gasteiger partial charge in [0.1, 0.15) is 12.2 Å². The summed E-state index contributed by atoms with van der Waals surface area (Å²) in [5.41, 5.74) is 0.342. The van der Waals surface area contributed by atoms with Crippen molar-refractivity contribution in [3.8, 4) is 0 Å². The topological polar surface area (TPSA) is 66.4 Å². The van der Waals surface area contributed by atoms with Gasteiger partial charge in [-0.1, -0.05) is 0 Å². The summed E-state index contributed by atoms with van der Waals surface area (Å²) in [7, 11) is 0. The molecule has 1 aromatic rings. The van der Waals surface area contributed by atoms with Gasteiger partial charge in [-0.05, 0) is 34.1 Å². The Morgan fingerprint density at radius 1 is 1.47 bits per heavy atom. The van der Waals surface area contributed by atoms with Crippen LogP contribution in [0.25, 0.3) is 0 Å². The Morgan fingerprint density at radius 3 is 2.67 bits per heavy atom. The second-order valence-corrected chi connectivity index (χ2v) is 3.60. The lowest BCUT2D eigenvalue weighted by atomic mass is 10.3. The van der Waals surface area contributed by atoms with Gasteiger partial charge in [-0.2, -0.15) is 0 Å². The monoisotopic (exact) mass is 275 g/mol. The van der Waals surface area contributed by atoms with Crippen LogP contribution in [0, 0.1) is 5.82 Å². The third kappa shape index (κ3) is 3.67. The number of carboxylic acid groups (broad SMARTS) is 1. The maximum absolute atomic E-state index is 12.8. The van der Waals surface area contributed by atoms with E-state index in [0.717, 1.165) is 0 Å². The lowest BCUT2D eigenvalue weighted by Gasteiger charge is -2.04. The molecule has 0 spiro atoms. The molecule has 4 nitrogen and oxygen atoms in total. The highest BCUT2D eigenvalue weighted by Gasteiger charge is 2.08. The van der Waals surface area contributed by atoms with E-state index in [1.165, 1.54) is 18.2 Å². The molecule has 0 saturated heterocycles. The number of hydrogen-bond donors (Lipinski definition) is 2. The first-order valence-corrected chi connectivity index (χ1v) is 4.75. The van der Waals surface area contributed by atoms with E-state index in [0.29, 0.717) is 5.69 Å². The predicted molar refractivity (Wildman–Crippen MR) is 55.0 cm³/mol. The zero-order valence-electron chi connectivity index (χ0n) is 7.46. The van der Waals surface area contributed by atoms with Crippen LogP contribution in [0.2, 0.25) is 0 Å². The molecular weight excluding hydrogens is 269 g/mol. The number of hydrogen-bond acceptors (Lipinski definition) is 2. The number of rotatable bonds is 3. The minimum Gasteiger partial charge on any atom is -0.481 e. The molecule has 0 unspecified atom stereocenters. The summed E-state index contributed by atoms with van der Waals surface area (Å²) < 4.78 is 13.0. The van der Waals surface area contributed by atoms with Gasteiger partial charge in [0, 0.05) is 5.69 Å². The minimum atomic E-state index is -1.21. The van der Waals surface area contributed by atoms with Crippen molar-refractivity contribution in [3.05, 3.63) is 28.5 Å². The van der Waals surface area contributed by atoms with Crippen molar-refractivity contribution in [2.75, 3.05) is 5.32 Å². The predicted octanol–water partition coefficient (Wildman–Crippen LogP) is 2.00. The Bertz CT molecular complexity index is 408. The second kappa shape index (κ2) is 4.88. The Labute approximate surface area is 93.2 Å². The zero-order valence-corrected chi connectivity index (χ0v) is 9.04. The molecule has 0 aliphatic heterocycles. The average Bonchev–Trinajstić information content (AvgIpc) is 2.10. The lowest BCUT2D eigenvalue weighted by molar-refractivity contribution is -0.139. The highest BCUT2D eigenvalue weighted by Crippen LogP contribution is 2.19. The number of carboxylic acids is 1. The number of carbonyl (C=O) groups excluding carboxylic acids is 1. The van der Waals surface area contributed by atoms with Crippen molar-refractivity contribution in [1.82, 2.24) is 0 Å². The Balaban J connectivity index is 2.69. The van der Waals surface area contributed by atoms with Gasteiger partial charge >= 0.3 is 5.97 Å². The fraction of sp³-hybridized carbons (Fsp3) is 0.111. The number of nitrogens with one attached hydrogen (secondary N) is 1. The first-order chi connectivity index (χ1) is 6.99. The van der Waals surface area contributed by atoms with Gasteiger partial charge in [-0.3, -0.25) is 9.59 Å². The van der Waals surface area contributed by atoms with Crippen LogP contribution in [-0.4, -0.2) is 17.0 Å². The maximum atomic E-state index is 12.8. The molecule has 1 aromatic carbocycles. The first-order valence-electron chi connectivity index (χ1n) is 3.95. The van der Waals surface area contributed by atoms with Gasteiger partial charge in [-0.15, -0.1) is 0 Å². The van der Waals surface area contributed by atoms with Crippen molar-refractivity contribution < 1.29 is 19.1 Å². The largest absolute Gasteiger partial charge is 0.481 e. The molecule has 80 valence electrons. The van der Waals surface area contributed by atoms with Crippen molar-refractivity contribution in [2.45, 2.75) is 6.42 Å². The standard InChI is InChI=1S/C9H7BrFNO3/c10-6-3-5(1-2-7(6)11)12-8(13)4-9(14)15/h1-3H,4H2,(H,12,13)(H,14,15). The van der Waals surface area contributed by atoms with Crippen LogP contribution in [0.5, 0.6) is 0 Å². The summed E-state index contributed by atoms with van der Waals surface area (Å²) in [5.74, 6) is -2.32. The van der Waals surface area contributed by atoms with Crippen LogP contribution >= 0.6 is 15.9 Å². The molecule has 15 heavy (non-hydrogen) atoms. The second-order valence-electron chi connectivity index (χ2n) is 2.75. The number of carbonyl (C=O) groups is 2.